The molecule has 0 aliphatic heterocycles. The fraction of sp³-hybridized carbons (Fsp3) is 1.00. The number of thioether (sulfide) groups is 1. The second-order valence-corrected chi connectivity index (χ2v) is 13.7. The Kier molecular flexibility index (Phi) is 18.2. The molecule has 0 radical (unpaired) electrons. The van der Waals surface area contributed by atoms with Crippen LogP contribution >= 0.6 is 19.6 Å². The number of hydrogen-bond acceptors (Lipinski definition) is 7. The van der Waals surface area contributed by atoms with E-state index in [1.54, 1.807) is 0 Å². The van der Waals surface area contributed by atoms with Crippen LogP contribution in [0.3, 0.4) is 0 Å². The molecule has 0 spiro atoms. The van der Waals surface area contributed by atoms with Gasteiger partial charge >= 0.3 is 16.6 Å². The highest BCUT2D eigenvalue weighted by molar-refractivity contribution is 7.99. The summed E-state index contributed by atoms with van der Waals surface area (Å²) >= 11 is 1.95. The first-order chi connectivity index (χ1) is 14.6. The van der Waals surface area contributed by atoms with E-state index in [1.165, 1.54) is 0 Å². The zero-order valence-electron chi connectivity index (χ0n) is 20.6. The van der Waals surface area contributed by atoms with Crippen molar-refractivity contribution >= 4 is 28.4 Å². The highest BCUT2D eigenvalue weighted by Gasteiger charge is 2.39. The molecule has 0 saturated carbocycles. The van der Waals surface area contributed by atoms with E-state index in [2.05, 4.69) is 0 Å². The van der Waals surface area contributed by atoms with Crippen LogP contribution in [-0.2, 0) is 26.9 Å². The van der Waals surface area contributed by atoms with Gasteiger partial charge in [0.05, 0.1) is 27.7 Å². The Morgan fingerprint density at radius 2 is 1.32 bits per heavy atom. The standard InChI is InChI=1S/C20H46NO7PSSi/c1-7-26-31(27-8-2,28-9-3)20-14-19-30-18-13-11-10-12-16-24-29(22,23)25-17-15-21(4,5)6/h7-20H2,1-6H3/p+1. The van der Waals surface area contributed by atoms with Crippen LogP contribution < -0.4 is 0 Å². The highest BCUT2D eigenvalue weighted by Crippen LogP contribution is 2.43. The highest BCUT2D eigenvalue weighted by atomic mass is 32.2. The molecule has 0 aromatic heterocycles. The maximum Gasteiger partial charge on any atom is 0.500 e. The third kappa shape index (κ3) is 18.6. The Balaban J connectivity index is 3.73. The minimum Gasteiger partial charge on any atom is -0.374 e. The SMILES string of the molecule is CCO[Si](CCCSCCCCCCOP(=O)(O)OCC[N+](C)(C)C)(OCC)OCC. The average molecular weight is 505 g/mol. The van der Waals surface area contributed by atoms with E-state index in [0.29, 0.717) is 30.8 Å². The number of likely N-dealkylation sites (N-methyl/N-ethyl adjacent to an activating group) is 1. The van der Waals surface area contributed by atoms with Gasteiger partial charge in [0.15, 0.2) is 0 Å². The van der Waals surface area contributed by atoms with Gasteiger partial charge in [0.25, 0.3) is 0 Å². The van der Waals surface area contributed by atoms with Gasteiger partial charge in [-0.1, -0.05) is 12.8 Å². The quantitative estimate of drug-likeness (QED) is 0.0994. The summed E-state index contributed by atoms with van der Waals surface area (Å²) in [6, 6.07) is 0.866. The van der Waals surface area contributed by atoms with Crippen molar-refractivity contribution in [1.82, 2.24) is 0 Å². The Labute approximate surface area is 195 Å². The van der Waals surface area contributed by atoms with E-state index in [4.69, 9.17) is 22.3 Å². The van der Waals surface area contributed by atoms with Crippen LogP contribution in [0.4, 0.5) is 0 Å². The number of quaternary nitrogens is 1. The number of rotatable bonds is 22. The van der Waals surface area contributed by atoms with Gasteiger partial charge in [0.2, 0.25) is 0 Å². The topological polar surface area (TPSA) is 83.5 Å². The van der Waals surface area contributed by atoms with Crippen molar-refractivity contribution in [3.8, 4) is 0 Å². The van der Waals surface area contributed by atoms with Crippen LogP contribution in [0.15, 0.2) is 0 Å². The summed E-state index contributed by atoms with van der Waals surface area (Å²) in [4.78, 5) is 9.67. The number of hydrogen-bond donors (Lipinski definition) is 1. The summed E-state index contributed by atoms with van der Waals surface area (Å²) in [7, 11) is -0.418. The molecule has 0 aromatic rings. The smallest absolute Gasteiger partial charge is 0.374 e. The van der Waals surface area contributed by atoms with Crippen molar-refractivity contribution in [3.05, 3.63) is 0 Å². The maximum atomic E-state index is 11.8. The van der Waals surface area contributed by atoms with Crippen LogP contribution in [0.5, 0.6) is 0 Å². The van der Waals surface area contributed by atoms with E-state index in [-0.39, 0.29) is 13.2 Å². The van der Waals surface area contributed by atoms with Gasteiger partial charge in [0.1, 0.15) is 13.2 Å². The molecule has 0 rings (SSSR count). The normalized spacial score (nSPS) is 14.7. The molecular formula is C20H47NO7PSSi+. The summed E-state index contributed by atoms with van der Waals surface area (Å²) in [5.74, 6) is 2.18. The first-order valence-corrected chi connectivity index (χ1v) is 16.1. The van der Waals surface area contributed by atoms with Gasteiger partial charge in [-0.3, -0.25) is 9.05 Å². The minimum atomic E-state index is -3.92. The number of phosphoric ester groups is 1. The van der Waals surface area contributed by atoms with Crippen molar-refractivity contribution in [1.29, 1.82) is 0 Å². The fourth-order valence-electron chi connectivity index (χ4n) is 2.80. The second kappa shape index (κ2) is 17.9. The van der Waals surface area contributed by atoms with Crippen LogP contribution in [0, 0.1) is 0 Å². The zero-order valence-corrected chi connectivity index (χ0v) is 23.3. The van der Waals surface area contributed by atoms with Crippen molar-refractivity contribution in [2.75, 3.05) is 72.2 Å². The van der Waals surface area contributed by atoms with Crippen LogP contribution in [0.2, 0.25) is 6.04 Å². The fourth-order valence-corrected chi connectivity index (χ4v) is 7.38. The van der Waals surface area contributed by atoms with E-state index >= 15 is 0 Å². The van der Waals surface area contributed by atoms with Gasteiger partial charge in [-0.15, -0.1) is 0 Å². The predicted molar refractivity (Wildman–Crippen MR) is 130 cm³/mol. The lowest BCUT2D eigenvalue weighted by Crippen LogP contribution is -2.46. The first-order valence-electron chi connectivity index (χ1n) is 11.5. The molecule has 0 aliphatic carbocycles. The molecule has 1 unspecified atom stereocenters. The van der Waals surface area contributed by atoms with E-state index < -0.39 is 16.6 Å². The van der Waals surface area contributed by atoms with E-state index in [9.17, 15) is 9.46 Å². The molecule has 0 aromatic carbocycles. The third-order valence-corrected chi connectivity index (χ3v) is 9.64. The summed E-state index contributed by atoms with van der Waals surface area (Å²) < 4.78 is 40.2. The lowest BCUT2D eigenvalue weighted by atomic mass is 10.2. The van der Waals surface area contributed by atoms with Crippen LogP contribution in [-0.4, -0.2) is 90.4 Å². The molecule has 0 fully saturated rings. The summed E-state index contributed by atoms with van der Waals surface area (Å²) in [5, 5.41) is 0. The predicted octanol–water partition coefficient (Wildman–Crippen LogP) is 4.56. The lowest BCUT2D eigenvalue weighted by molar-refractivity contribution is -0.870. The average Bonchev–Trinajstić information content (AvgIpc) is 2.65. The lowest BCUT2D eigenvalue weighted by Gasteiger charge is -2.28. The van der Waals surface area contributed by atoms with Gasteiger partial charge in [0, 0.05) is 25.9 Å². The number of nitrogens with zero attached hydrogens (tertiary/aromatic N) is 1. The summed E-state index contributed by atoms with van der Waals surface area (Å²) in [5.41, 5.74) is 0. The Morgan fingerprint density at radius 3 is 1.87 bits per heavy atom. The molecule has 11 heteroatoms. The third-order valence-electron chi connectivity index (χ3n) is 4.32. The van der Waals surface area contributed by atoms with Crippen LogP contribution in [0.25, 0.3) is 0 Å². The van der Waals surface area contributed by atoms with E-state index in [1.807, 2.05) is 53.7 Å². The Morgan fingerprint density at radius 1 is 0.806 bits per heavy atom. The van der Waals surface area contributed by atoms with Crippen molar-refractivity contribution < 1.29 is 36.3 Å². The second-order valence-electron chi connectivity index (χ2n) is 8.26. The molecule has 31 heavy (non-hydrogen) atoms. The minimum absolute atomic E-state index is 0.206. The Bertz CT molecular complexity index is 466. The monoisotopic (exact) mass is 504 g/mol. The van der Waals surface area contributed by atoms with Gasteiger partial charge < -0.3 is 22.7 Å². The molecule has 188 valence electrons. The molecule has 0 bridgehead atoms. The zero-order chi connectivity index (χ0) is 23.6. The maximum absolute atomic E-state index is 11.8. The summed E-state index contributed by atoms with van der Waals surface area (Å²) in [6.45, 7) is 8.93. The molecule has 1 N–H and O–H groups in total. The first kappa shape index (κ1) is 31.5. The molecule has 0 aliphatic rings. The largest absolute Gasteiger partial charge is 0.500 e. The van der Waals surface area contributed by atoms with E-state index in [0.717, 1.165) is 49.7 Å². The molecular weight excluding hydrogens is 457 g/mol. The molecule has 0 amide bonds. The van der Waals surface area contributed by atoms with Gasteiger partial charge in [-0.2, -0.15) is 11.8 Å². The van der Waals surface area contributed by atoms with Gasteiger partial charge in [-0.25, -0.2) is 4.57 Å². The molecule has 8 nitrogen and oxygen atoms in total. The van der Waals surface area contributed by atoms with Crippen molar-refractivity contribution in [2.45, 2.75) is 58.9 Å². The number of unbranched alkanes of at least 4 members (excludes halogenated alkanes) is 3. The van der Waals surface area contributed by atoms with Crippen LogP contribution in [0.1, 0.15) is 52.9 Å². The molecule has 0 heterocycles. The summed E-state index contributed by atoms with van der Waals surface area (Å²) in [6.07, 6.45) is 4.99. The van der Waals surface area contributed by atoms with Crippen molar-refractivity contribution in [3.63, 3.8) is 0 Å². The molecule has 1 atom stereocenters. The molecule has 0 saturated heterocycles. The van der Waals surface area contributed by atoms with Crippen molar-refractivity contribution in [2.24, 2.45) is 0 Å². The number of phosphoric acid groups is 1. The Hall–Kier alpha value is 0.517. The van der Waals surface area contributed by atoms with Gasteiger partial charge in [-0.05, 0) is 51.5 Å².